The summed E-state index contributed by atoms with van der Waals surface area (Å²) in [4.78, 5) is 26.6. The highest BCUT2D eigenvalue weighted by molar-refractivity contribution is 8.00. The quantitative estimate of drug-likeness (QED) is 0.807. The van der Waals surface area contributed by atoms with E-state index in [1.165, 1.54) is 16.7 Å². The fourth-order valence-electron chi connectivity index (χ4n) is 1.50. The molecule has 1 heterocycles. The first-order valence-corrected chi connectivity index (χ1v) is 7.95. The first kappa shape index (κ1) is 16.0. The lowest BCUT2D eigenvalue weighted by molar-refractivity contribution is -0.121. The number of rotatable bonds is 7. The number of carboxylic acid groups (broad SMARTS) is 1. The second-order valence-corrected chi connectivity index (χ2v) is 6.63. The number of carbonyl (C=O) groups is 2. The van der Waals surface area contributed by atoms with Gasteiger partial charge < -0.3 is 10.4 Å². The highest BCUT2D eigenvalue weighted by Crippen LogP contribution is 2.19. The van der Waals surface area contributed by atoms with Gasteiger partial charge in [-0.2, -0.15) is 0 Å². The van der Waals surface area contributed by atoms with Crippen LogP contribution in [-0.2, 0) is 11.3 Å². The van der Waals surface area contributed by atoms with Crippen LogP contribution in [0.1, 0.15) is 36.3 Å². The number of nitrogens with zero attached hydrogens (tertiary/aromatic N) is 1. The number of thiazole rings is 1. The number of nitrogens with one attached hydrogen (secondary N) is 1. The van der Waals surface area contributed by atoms with E-state index in [0.717, 1.165) is 5.75 Å². The molecule has 0 aliphatic carbocycles. The Balaban J connectivity index is 2.54. The Bertz CT molecular complexity index is 446. The van der Waals surface area contributed by atoms with Crippen molar-refractivity contribution < 1.29 is 14.7 Å². The van der Waals surface area contributed by atoms with Crippen molar-refractivity contribution in [2.45, 2.75) is 32.6 Å². The minimum Gasteiger partial charge on any atom is -0.476 e. The van der Waals surface area contributed by atoms with Gasteiger partial charge in [0.25, 0.3) is 0 Å². The molecule has 0 saturated heterocycles. The second-order valence-electron chi connectivity index (χ2n) is 4.27. The number of carbonyl (C=O) groups excluding carboxylic acids is 1. The van der Waals surface area contributed by atoms with Crippen molar-refractivity contribution in [3.63, 3.8) is 0 Å². The third kappa shape index (κ3) is 4.83. The molecule has 1 aromatic heterocycles. The lowest BCUT2D eigenvalue weighted by Gasteiger charge is -2.18. The van der Waals surface area contributed by atoms with E-state index in [1.54, 1.807) is 11.8 Å². The molecule has 0 fully saturated rings. The smallest absolute Gasteiger partial charge is 0.355 e. The van der Waals surface area contributed by atoms with Gasteiger partial charge in [-0.05, 0) is 11.7 Å². The van der Waals surface area contributed by atoms with Gasteiger partial charge in [-0.1, -0.05) is 20.8 Å². The van der Waals surface area contributed by atoms with E-state index in [2.05, 4.69) is 10.3 Å². The molecular formula is C12H18N2O3S2. The van der Waals surface area contributed by atoms with Gasteiger partial charge in [0.05, 0.1) is 11.8 Å². The molecule has 0 bridgehead atoms. The molecule has 19 heavy (non-hydrogen) atoms. The Kier molecular flexibility index (Phi) is 6.30. The van der Waals surface area contributed by atoms with Crippen LogP contribution in [0, 0.1) is 5.92 Å². The number of carboxylic acids is 1. The summed E-state index contributed by atoms with van der Waals surface area (Å²) in [6.07, 6.45) is 0. The van der Waals surface area contributed by atoms with Crippen LogP contribution < -0.4 is 5.32 Å². The first-order valence-electron chi connectivity index (χ1n) is 6.02. The molecule has 0 saturated carbocycles. The first-order chi connectivity index (χ1) is 8.95. The maximum atomic E-state index is 12.0. The van der Waals surface area contributed by atoms with E-state index >= 15 is 0 Å². The summed E-state index contributed by atoms with van der Waals surface area (Å²) in [5.74, 6) is 0.0802. The van der Waals surface area contributed by atoms with Crippen LogP contribution in [0.3, 0.4) is 0 Å². The Hall–Kier alpha value is -1.08. The summed E-state index contributed by atoms with van der Waals surface area (Å²) < 4.78 is 0. The van der Waals surface area contributed by atoms with E-state index in [0.29, 0.717) is 5.01 Å². The van der Waals surface area contributed by atoms with Gasteiger partial charge in [0.15, 0.2) is 5.69 Å². The summed E-state index contributed by atoms with van der Waals surface area (Å²) >= 11 is 2.85. The number of aromatic nitrogens is 1. The third-order valence-corrected chi connectivity index (χ3v) is 4.69. The molecule has 0 aromatic carbocycles. The molecule has 0 aliphatic heterocycles. The summed E-state index contributed by atoms with van der Waals surface area (Å²) in [6, 6.07) is 0. The molecule has 7 heteroatoms. The number of hydrogen-bond acceptors (Lipinski definition) is 5. The van der Waals surface area contributed by atoms with Crippen LogP contribution in [0.5, 0.6) is 0 Å². The van der Waals surface area contributed by atoms with E-state index in [4.69, 9.17) is 5.11 Å². The molecule has 5 nitrogen and oxygen atoms in total. The van der Waals surface area contributed by atoms with E-state index in [-0.39, 0.29) is 29.3 Å². The summed E-state index contributed by atoms with van der Waals surface area (Å²) in [7, 11) is 0. The Morgan fingerprint density at radius 3 is 2.68 bits per heavy atom. The molecule has 0 spiro atoms. The number of thioether (sulfide) groups is 1. The summed E-state index contributed by atoms with van der Waals surface area (Å²) in [5, 5.41) is 13.6. The highest BCUT2D eigenvalue weighted by atomic mass is 32.2. The van der Waals surface area contributed by atoms with Crippen molar-refractivity contribution >= 4 is 35.0 Å². The van der Waals surface area contributed by atoms with Crippen molar-refractivity contribution in [3.05, 3.63) is 16.1 Å². The third-order valence-electron chi connectivity index (χ3n) is 2.39. The topological polar surface area (TPSA) is 79.3 Å². The van der Waals surface area contributed by atoms with Crippen LogP contribution in [0.4, 0.5) is 0 Å². The molecule has 1 aromatic rings. The second kappa shape index (κ2) is 7.49. The molecule has 0 unspecified atom stereocenters. The maximum absolute atomic E-state index is 12.0. The van der Waals surface area contributed by atoms with Gasteiger partial charge in [-0.15, -0.1) is 23.1 Å². The molecular weight excluding hydrogens is 284 g/mol. The molecule has 0 radical (unpaired) electrons. The van der Waals surface area contributed by atoms with Gasteiger partial charge in [-0.25, -0.2) is 9.78 Å². The molecule has 106 valence electrons. The zero-order chi connectivity index (χ0) is 14.4. The van der Waals surface area contributed by atoms with Crippen LogP contribution in [0.2, 0.25) is 0 Å². The van der Waals surface area contributed by atoms with E-state index in [9.17, 15) is 9.59 Å². The highest BCUT2D eigenvalue weighted by Gasteiger charge is 2.21. The zero-order valence-electron chi connectivity index (χ0n) is 11.2. The van der Waals surface area contributed by atoms with Crippen LogP contribution in [0.25, 0.3) is 0 Å². The Labute approximate surface area is 120 Å². The SMILES string of the molecule is CCS[C@@H](C(=O)NCc1nc(C(=O)O)cs1)C(C)C. The molecule has 0 aliphatic rings. The van der Waals surface area contributed by atoms with E-state index in [1.807, 2.05) is 20.8 Å². The average Bonchev–Trinajstić information content (AvgIpc) is 2.81. The minimum atomic E-state index is -1.05. The zero-order valence-corrected chi connectivity index (χ0v) is 12.8. The van der Waals surface area contributed by atoms with Crippen LogP contribution in [0.15, 0.2) is 5.38 Å². The van der Waals surface area contributed by atoms with Crippen molar-refractivity contribution in [1.29, 1.82) is 0 Å². The van der Waals surface area contributed by atoms with Gasteiger partial charge in [-0.3, -0.25) is 4.79 Å². The van der Waals surface area contributed by atoms with Gasteiger partial charge in [0.2, 0.25) is 5.91 Å². The van der Waals surface area contributed by atoms with Crippen molar-refractivity contribution in [2.75, 3.05) is 5.75 Å². The molecule has 2 N–H and O–H groups in total. The fraction of sp³-hybridized carbons (Fsp3) is 0.583. The Morgan fingerprint density at radius 2 is 2.21 bits per heavy atom. The maximum Gasteiger partial charge on any atom is 0.355 e. The Morgan fingerprint density at radius 1 is 1.53 bits per heavy atom. The van der Waals surface area contributed by atoms with Gasteiger partial charge >= 0.3 is 5.97 Å². The lowest BCUT2D eigenvalue weighted by atomic mass is 10.1. The van der Waals surface area contributed by atoms with Gasteiger partial charge in [0.1, 0.15) is 5.01 Å². The van der Waals surface area contributed by atoms with Gasteiger partial charge in [0, 0.05) is 5.38 Å². The predicted molar refractivity (Wildman–Crippen MR) is 77.7 cm³/mol. The van der Waals surface area contributed by atoms with Crippen molar-refractivity contribution in [1.82, 2.24) is 10.3 Å². The standard InChI is InChI=1S/C12H18N2O3S2/c1-4-18-10(7(2)3)11(15)13-5-9-14-8(6-19-9)12(16)17/h6-7,10H,4-5H2,1-3H3,(H,13,15)(H,16,17)/t10-/m1/s1. The van der Waals surface area contributed by atoms with Crippen molar-refractivity contribution in [2.24, 2.45) is 5.92 Å². The molecule has 1 amide bonds. The fourth-order valence-corrected chi connectivity index (χ4v) is 3.19. The largest absolute Gasteiger partial charge is 0.476 e. The molecule has 1 atom stereocenters. The summed E-state index contributed by atoms with van der Waals surface area (Å²) in [6.45, 7) is 6.33. The number of hydrogen-bond donors (Lipinski definition) is 2. The van der Waals surface area contributed by atoms with Crippen LogP contribution >= 0.6 is 23.1 Å². The van der Waals surface area contributed by atoms with E-state index < -0.39 is 5.97 Å². The summed E-state index contributed by atoms with van der Waals surface area (Å²) in [5.41, 5.74) is 0.0255. The molecule has 1 rings (SSSR count). The number of aromatic carboxylic acids is 1. The van der Waals surface area contributed by atoms with Crippen molar-refractivity contribution in [3.8, 4) is 0 Å². The lowest BCUT2D eigenvalue weighted by Crippen LogP contribution is -2.35. The normalized spacial score (nSPS) is 12.4. The number of amides is 1. The minimum absolute atomic E-state index is 0.0195. The predicted octanol–water partition coefficient (Wildman–Crippen LogP) is 2.24. The monoisotopic (exact) mass is 302 g/mol. The average molecular weight is 302 g/mol. The van der Waals surface area contributed by atoms with Crippen LogP contribution in [-0.4, -0.2) is 33.0 Å².